The van der Waals surface area contributed by atoms with Crippen molar-refractivity contribution in [3.05, 3.63) is 75.0 Å². The number of nitriles is 3. The first kappa shape index (κ1) is 28.9. The van der Waals surface area contributed by atoms with Crippen LogP contribution in [-0.4, -0.2) is 15.5 Å². The molecule has 0 aliphatic rings. The van der Waals surface area contributed by atoms with Crippen LogP contribution in [0.15, 0.2) is 38.0 Å². The van der Waals surface area contributed by atoms with Crippen molar-refractivity contribution in [2.24, 2.45) is 0 Å². The maximum atomic E-state index is 14.7. The van der Waals surface area contributed by atoms with Gasteiger partial charge in [0.25, 0.3) is 0 Å². The molecule has 0 aliphatic carbocycles. The van der Waals surface area contributed by atoms with Crippen molar-refractivity contribution < 1.29 is 39.6 Å². The first-order valence-corrected chi connectivity index (χ1v) is 11.7. The van der Waals surface area contributed by atoms with Gasteiger partial charge >= 0.3 is 5.51 Å². The topological polar surface area (TPSA) is 123 Å². The number of thioether (sulfide) groups is 1. The first-order valence-electron chi connectivity index (χ1n) is 10.9. The Hall–Kier alpha value is -5.07. The number of alkyl halides is 3. The number of hydrogen-bond acceptors (Lipinski definition) is 8. The van der Waals surface area contributed by atoms with Gasteiger partial charge in [0.05, 0.1) is 10.5 Å². The van der Waals surface area contributed by atoms with E-state index in [0.29, 0.717) is 12.1 Å². The fraction of sp³-hybridized carbons (Fsp3) is 0.115. The average Bonchev–Trinajstić information content (AvgIpc) is 3.54. The van der Waals surface area contributed by atoms with E-state index in [2.05, 4.69) is 9.97 Å². The molecule has 2 aromatic carbocycles. The van der Waals surface area contributed by atoms with Crippen molar-refractivity contribution in [3.63, 3.8) is 0 Å². The maximum absolute atomic E-state index is 14.7. The lowest BCUT2D eigenvalue weighted by Crippen LogP contribution is -2.05. The molecule has 0 saturated heterocycles. The molecule has 41 heavy (non-hydrogen) atoms. The van der Waals surface area contributed by atoms with Crippen molar-refractivity contribution in [2.45, 2.75) is 24.3 Å². The molecule has 0 atom stereocenters. The Morgan fingerprint density at radius 1 is 0.756 bits per heavy atom. The van der Waals surface area contributed by atoms with Gasteiger partial charge in [-0.25, -0.2) is 27.5 Å². The Bertz CT molecular complexity index is 2020. The van der Waals surface area contributed by atoms with Gasteiger partial charge in [-0.2, -0.15) is 29.0 Å². The van der Waals surface area contributed by atoms with E-state index in [9.17, 15) is 46.5 Å². The highest BCUT2D eigenvalue weighted by molar-refractivity contribution is 8.00. The predicted molar refractivity (Wildman–Crippen MR) is 127 cm³/mol. The number of halogens is 7. The SMILES string of the molecule is C/C(C#N)=c1\nc(-c2cc(F)c(C)c(F)c2)/c(=c2\oc(=C(C#N)C#N)nc2-c2cc(F)c(SC(F)(F)F)c(F)c2)o1. The number of nitrogens with zero attached hydrogens (tertiary/aromatic N) is 5. The normalized spacial score (nSPS) is 12.8. The van der Waals surface area contributed by atoms with E-state index in [0.717, 1.165) is 12.1 Å². The third-order valence-electron chi connectivity index (χ3n) is 5.43. The van der Waals surface area contributed by atoms with Gasteiger partial charge in [0.2, 0.25) is 21.9 Å². The Morgan fingerprint density at radius 3 is 1.63 bits per heavy atom. The summed E-state index contributed by atoms with van der Waals surface area (Å²) in [4.78, 5) is 6.66. The van der Waals surface area contributed by atoms with Crippen molar-refractivity contribution >= 4 is 22.9 Å². The zero-order chi connectivity index (χ0) is 30.2. The molecule has 0 spiro atoms. The summed E-state index contributed by atoms with van der Waals surface area (Å²) >= 11 is -1.03. The minimum atomic E-state index is -5.02. The number of aromatic nitrogens is 2. The summed E-state index contributed by atoms with van der Waals surface area (Å²) in [6.45, 7) is 2.46. The Kier molecular flexibility index (Phi) is 7.64. The van der Waals surface area contributed by atoms with Crippen LogP contribution in [0.25, 0.3) is 33.7 Å². The predicted octanol–water partition coefficient (Wildman–Crippen LogP) is 5.65. The van der Waals surface area contributed by atoms with Crippen LogP contribution in [0.4, 0.5) is 30.7 Å². The molecule has 0 unspecified atom stereocenters. The molecule has 0 aliphatic heterocycles. The van der Waals surface area contributed by atoms with E-state index in [-0.39, 0.29) is 27.9 Å². The summed E-state index contributed by atoms with van der Waals surface area (Å²) in [5, 5.41) is 27.9. The fourth-order valence-corrected chi connectivity index (χ4v) is 4.01. The molecule has 206 valence electrons. The number of rotatable bonds is 3. The highest BCUT2D eigenvalue weighted by Gasteiger charge is 2.33. The molecule has 2 heterocycles. The molecule has 0 fully saturated rings. The van der Waals surface area contributed by atoms with Crippen LogP contribution in [0.1, 0.15) is 12.5 Å². The van der Waals surface area contributed by atoms with Gasteiger partial charge in [0, 0.05) is 16.7 Å². The quantitative estimate of drug-likeness (QED) is 0.222. The number of benzene rings is 2. The van der Waals surface area contributed by atoms with Crippen LogP contribution in [0.2, 0.25) is 0 Å². The van der Waals surface area contributed by atoms with Crippen LogP contribution in [-0.2, 0) is 0 Å². The second-order valence-corrected chi connectivity index (χ2v) is 9.19. The van der Waals surface area contributed by atoms with Gasteiger partial charge in [-0.05, 0) is 49.9 Å². The van der Waals surface area contributed by atoms with E-state index < -0.39 is 78.6 Å². The smallest absolute Gasteiger partial charge is 0.432 e. The van der Waals surface area contributed by atoms with Gasteiger partial charge in [0.15, 0.2) is 5.57 Å². The molecular formula is C26H10F7N5O2S. The van der Waals surface area contributed by atoms with Gasteiger partial charge < -0.3 is 8.83 Å². The summed E-state index contributed by atoms with van der Waals surface area (Å²) in [7, 11) is 0. The summed E-state index contributed by atoms with van der Waals surface area (Å²) in [5.74, 6) is -5.22. The molecule has 7 nitrogen and oxygen atoms in total. The molecule has 15 heteroatoms. The maximum Gasteiger partial charge on any atom is 0.446 e. The second-order valence-electron chi connectivity index (χ2n) is 8.11. The van der Waals surface area contributed by atoms with Crippen LogP contribution < -0.4 is 11.1 Å². The molecule has 0 radical (unpaired) electrons. The van der Waals surface area contributed by atoms with Crippen LogP contribution >= 0.6 is 11.8 Å². The monoisotopic (exact) mass is 589 g/mol. The molecule has 4 rings (SSSR count). The minimum absolute atomic E-state index is 0.112. The Morgan fingerprint density at radius 2 is 1.20 bits per heavy atom. The van der Waals surface area contributed by atoms with Crippen LogP contribution in [0.3, 0.4) is 0 Å². The number of oxazole rings is 2. The molecule has 0 amide bonds. The molecular weight excluding hydrogens is 579 g/mol. The average molecular weight is 589 g/mol. The molecule has 0 N–H and O–H groups in total. The van der Waals surface area contributed by atoms with E-state index in [4.69, 9.17) is 8.83 Å². The van der Waals surface area contributed by atoms with Gasteiger partial charge in [-0.3, -0.25) is 0 Å². The molecule has 0 saturated carbocycles. The van der Waals surface area contributed by atoms with E-state index in [1.165, 1.54) is 26.0 Å². The highest BCUT2D eigenvalue weighted by Crippen LogP contribution is 2.40. The lowest BCUT2D eigenvalue weighted by Gasteiger charge is -2.09. The van der Waals surface area contributed by atoms with Gasteiger partial charge in [-0.1, -0.05) is 0 Å². The molecule has 2 aromatic heterocycles. The van der Waals surface area contributed by atoms with E-state index >= 15 is 0 Å². The standard InChI is InChI=1S/C26H10F7N5O2S/c1-10(7-34)24-37-19(12-3-15(27)11(2)16(28)4-12)21(39-24)22-20(38-25(40-22)14(8-35)9-36)13-5-17(29)23(18(30)6-13)41-26(31,32)33/h3-6H,1-2H3/b22-21+,24-10-. The highest BCUT2D eigenvalue weighted by atomic mass is 32.2. The van der Waals surface area contributed by atoms with Crippen molar-refractivity contribution in [1.82, 2.24) is 9.97 Å². The second kappa shape index (κ2) is 10.8. The zero-order valence-corrected chi connectivity index (χ0v) is 21.2. The molecule has 0 bridgehead atoms. The van der Waals surface area contributed by atoms with Crippen molar-refractivity contribution in [1.29, 1.82) is 15.8 Å². The Labute approximate surface area is 228 Å². The third-order valence-corrected chi connectivity index (χ3v) is 6.26. The van der Waals surface area contributed by atoms with E-state index in [1.807, 2.05) is 0 Å². The minimum Gasteiger partial charge on any atom is -0.432 e. The van der Waals surface area contributed by atoms with Crippen molar-refractivity contribution in [3.8, 4) is 40.7 Å². The number of hydrogen-bond donors (Lipinski definition) is 0. The summed E-state index contributed by atoms with van der Waals surface area (Å²) in [6.07, 6.45) is 0. The molecule has 4 aromatic rings. The van der Waals surface area contributed by atoms with Crippen LogP contribution in [0.5, 0.6) is 0 Å². The lowest BCUT2D eigenvalue weighted by atomic mass is 10.1. The summed E-state index contributed by atoms with van der Waals surface area (Å²) in [5.41, 5.74) is -9.88. The summed E-state index contributed by atoms with van der Waals surface area (Å²) < 4.78 is 108. The van der Waals surface area contributed by atoms with Gasteiger partial charge in [-0.15, -0.1) is 0 Å². The zero-order valence-electron chi connectivity index (χ0n) is 20.4. The van der Waals surface area contributed by atoms with Crippen LogP contribution in [0, 0.1) is 75.0 Å². The third kappa shape index (κ3) is 5.64. The van der Waals surface area contributed by atoms with E-state index in [1.54, 1.807) is 6.07 Å². The first-order chi connectivity index (χ1) is 19.3. The Balaban J connectivity index is 2.23. The lowest BCUT2D eigenvalue weighted by molar-refractivity contribution is -0.0330. The van der Waals surface area contributed by atoms with Gasteiger partial charge in [0.1, 0.15) is 52.9 Å². The fourth-order valence-electron chi connectivity index (χ4n) is 3.47. The van der Waals surface area contributed by atoms with Crippen molar-refractivity contribution in [2.75, 3.05) is 0 Å². The summed E-state index contributed by atoms with van der Waals surface area (Å²) in [6, 6.07) is 7.52. The largest absolute Gasteiger partial charge is 0.446 e.